The zero-order chi connectivity index (χ0) is 16.0. The number of hydrogen-bond donors (Lipinski definition) is 1. The van der Waals surface area contributed by atoms with E-state index in [1.807, 2.05) is 11.7 Å². The van der Waals surface area contributed by atoms with Gasteiger partial charge in [0.25, 0.3) is 0 Å². The van der Waals surface area contributed by atoms with E-state index < -0.39 is 0 Å². The molecule has 0 fully saturated rings. The van der Waals surface area contributed by atoms with Gasteiger partial charge in [0, 0.05) is 19.5 Å². The number of ether oxygens (including phenoxy) is 1. The number of nitrogens with one attached hydrogen (secondary N) is 1. The van der Waals surface area contributed by atoms with Gasteiger partial charge in [-0.1, -0.05) is 25.4 Å². The van der Waals surface area contributed by atoms with Crippen LogP contribution in [0.15, 0.2) is 0 Å². The SMILES string of the molecule is CCCNC(COC(C)(C)C)Cc1c(Cl)c(CC)nn1C. The lowest BCUT2D eigenvalue weighted by Gasteiger charge is -2.25. The molecule has 1 aromatic heterocycles. The van der Waals surface area contributed by atoms with Gasteiger partial charge in [-0.2, -0.15) is 5.10 Å². The maximum absolute atomic E-state index is 6.45. The van der Waals surface area contributed by atoms with E-state index in [9.17, 15) is 0 Å². The van der Waals surface area contributed by atoms with Crippen LogP contribution in [-0.2, 0) is 24.6 Å². The largest absolute Gasteiger partial charge is 0.374 e. The van der Waals surface area contributed by atoms with Crippen LogP contribution < -0.4 is 5.32 Å². The van der Waals surface area contributed by atoms with Crippen LogP contribution in [0.2, 0.25) is 5.02 Å². The molecule has 4 nitrogen and oxygen atoms in total. The average Bonchev–Trinajstić information content (AvgIpc) is 2.67. The molecular formula is C16H30ClN3O. The second-order valence-electron chi connectivity index (χ2n) is 6.46. The number of rotatable bonds is 8. The molecule has 0 saturated heterocycles. The molecule has 0 aliphatic rings. The first-order valence-corrected chi connectivity index (χ1v) is 8.23. The van der Waals surface area contributed by atoms with Crippen LogP contribution in [0.4, 0.5) is 0 Å². The van der Waals surface area contributed by atoms with E-state index in [0.717, 1.165) is 42.2 Å². The third-order valence-electron chi connectivity index (χ3n) is 3.34. The Labute approximate surface area is 134 Å². The number of aromatic nitrogens is 2. The van der Waals surface area contributed by atoms with Crippen molar-refractivity contribution < 1.29 is 4.74 Å². The van der Waals surface area contributed by atoms with Crippen LogP contribution >= 0.6 is 11.6 Å². The maximum Gasteiger partial charge on any atom is 0.0850 e. The number of hydrogen-bond acceptors (Lipinski definition) is 3. The summed E-state index contributed by atoms with van der Waals surface area (Å²) >= 11 is 6.45. The summed E-state index contributed by atoms with van der Waals surface area (Å²) in [7, 11) is 1.96. The summed E-state index contributed by atoms with van der Waals surface area (Å²) in [5.41, 5.74) is 1.93. The van der Waals surface area contributed by atoms with E-state index in [1.54, 1.807) is 0 Å². The van der Waals surface area contributed by atoms with Crippen molar-refractivity contribution in [3.63, 3.8) is 0 Å². The molecule has 0 radical (unpaired) electrons. The van der Waals surface area contributed by atoms with E-state index in [2.05, 4.69) is 45.0 Å². The minimum absolute atomic E-state index is 0.128. The molecule has 1 atom stereocenters. The fraction of sp³-hybridized carbons (Fsp3) is 0.812. The summed E-state index contributed by atoms with van der Waals surface area (Å²) < 4.78 is 7.84. The summed E-state index contributed by atoms with van der Waals surface area (Å²) in [6.07, 6.45) is 2.79. The van der Waals surface area contributed by atoms with Gasteiger partial charge in [-0.05, 0) is 40.2 Å². The highest BCUT2D eigenvalue weighted by Crippen LogP contribution is 2.22. The van der Waals surface area contributed by atoms with Crippen molar-refractivity contribution in [3.8, 4) is 0 Å². The van der Waals surface area contributed by atoms with Crippen LogP contribution in [0.1, 0.15) is 52.4 Å². The predicted molar refractivity (Wildman–Crippen MR) is 89.1 cm³/mol. The Hall–Kier alpha value is -0.580. The van der Waals surface area contributed by atoms with Crippen LogP contribution in [0.3, 0.4) is 0 Å². The number of aryl methyl sites for hydroxylation is 2. The number of halogens is 1. The standard InChI is InChI=1S/C16H30ClN3O/c1-7-9-18-12(11-21-16(3,4)5)10-14-15(17)13(8-2)19-20(14)6/h12,18H,7-11H2,1-6H3. The van der Waals surface area contributed by atoms with Gasteiger partial charge >= 0.3 is 0 Å². The first-order valence-electron chi connectivity index (χ1n) is 7.86. The van der Waals surface area contributed by atoms with Crippen LogP contribution in [0.5, 0.6) is 0 Å². The molecule has 0 aliphatic carbocycles. The molecule has 1 unspecified atom stereocenters. The van der Waals surface area contributed by atoms with Crippen molar-refractivity contribution in [2.24, 2.45) is 7.05 Å². The van der Waals surface area contributed by atoms with Gasteiger partial charge in [0.15, 0.2) is 0 Å². The predicted octanol–water partition coefficient (Wildman–Crippen LogP) is 3.36. The molecule has 0 aliphatic heterocycles. The Morgan fingerprint density at radius 2 is 2.00 bits per heavy atom. The molecule has 0 aromatic carbocycles. The van der Waals surface area contributed by atoms with Gasteiger partial charge in [0.2, 0.25) is 0 Å². The smallest absolute Gasteiger partial charge is 0.0850 e. The molecular weight excluding hydrogens is 286 g/mol. The van der Waals surface area contributed by atoms with Gasteiger partial charge in [0.1, 0.15) is 0 Å². The first kappa shape index (κ1) is 18.5. The van der Waals surface area contributed by atoms with Crippen molar-refractivity contribution in [1.29, 1.82) is 0 Å². The van der Waals surface area contributed by atoms with E-state index >= 15 is 0 Å². The average molecular weight is 316 g/mol. The Balaban J connectivity index is 2.78. The Morgan fingerprint density at radius 3 is 2.48 bits per heavy atom. The van der Waals surface area contributed by atoms with Crippen LogP contribution in [-0.4, -0.2) is 34.6 Å². The van der Waals surface area contributed by atoms with Gasteiger partial charge in [-0.3, -0.25) is 4.68 Å². The third kappa shape index (κ3) is 5.97. The Bertz CT molecular complexity index is 437. The molecule has 1 N–H and O–H groups in total. The summed E-state index contributed by atoms with van der Waals surface area (Å²) in [6.45, 7) is 12.1. The van der Waals surface area contributed by atoms with Crippen molar-refractivity contribution in [2.45, 2.75) is 65.5 Å². The Kier molecular flexibility index (Phi) is 7.17. The summed E-state index contributed by atoms with van der Waals surface area (Å²) in [5, 5.41) is 8.84. The van der Waals surface area contributed by atoms with E-state index in [0.29, 0.717) is 6.61 Å². The quantitative estimate of drug-likeness (QED) is 0.799. The van der Waals surface area contributed by atoms with Gasteiger partial charge < -0.3 is 10.1 Å². The number of nitrogens with zero attached hydrogens (tertiary/aromatic N) is 2. The molecule has 0 amide bonds. The maximum atomic E-state index is 6.45. The molecule has 1 heterocycles. The summed E-state index contributed by atoms with van der Waals surface area (Å²) in [4.78, 5) is 0. The third-order valence-corrected chi connectivity index (χ3v) is 3.78. The molecule has 0 saturated carbocycles. The second kappa shape index (κ2) is 8.16. The molecule has 1 rings (SSSR count). The minimum Gasteiger partial charge on any atom is -0.374 e. The van der Waals surface area contributed by atoms with Gasteiger partial charge in [0.05, 0.1) is 28.6 Å². The van der Waals surface area contributed by atoms with Gasteiger partial charge in [-0.25, -0.2) is 0 Å². The normalized spacial score (nSPS) is 13.7. The summed E-state index contributed by atoms with van der Waals surface area (Å²) in [6, 6.07) is 0.252. The molecule has 5 heteroatoms. The molecule has 21 heavy (non-hydrogen) atoms. The van der Waals surface area contributed by atoms with Crippen molar-refractivity contribution in [1.82, 2.24) is 15.1 Å². The highest BCUT2D eigenvalue weighted by atomic mass is 35.5. The zero-order valence-corrected chi connectivity index (χ0v) is 15.0. The highest BCUT2D eigenvalue weighted by Gasteiger charge is 2.20. The molecule has 0 bridgehead atoms. The van der Waals surface area contributed by atoms with Crippen molar-refractivity contribution in [2.75, 3.05) is 13.2 Å². The summed E-state index contributed by atoms with van der Waals surface area (Å²) in [5.74, 6) is 0. The highest BCUT2D eigenvalue weighted by molar-refractivity contribution is 6.31. The van der Waals surface area contributed by atoms with E-state index in [-0.39, 0.29) is 11.6 Å². The monoisotopic (exact) mass is 315 g/mol. The second-order valence-corrected chi connectivity index (χ2v) is 6.84. The van der Waals surface area contributed by atoms with E-state index in [1.165, 1.54) is 0 Å². The molecule has 122 valence electrons. The van der Waals surface area contributed by atoms with Gasteiger partial charge in [-0.15, -0.1) is 0 Å². The minimum atomic E-state index is -0.128. The fourth-order valence-corrected chi connectivity index (χ4v) is 2.53. The van der Waals surface area contributed by atoms with Crippen molar-refractivity contribution in [3.05, 3.63) is 16.4 Å². The zero-order valence-electron chi connectivity index (χ0n) is 14.3. The fourth-order valence-electron chi connectivity index (χ4n) is 2.16. The van der Waals surface area contributed by atoms with Crippen LogP contribution in [0.25, 0.3) is 0 Å². The Morgan fingerprint density at radius 1 is 1.33 bits per heavy atom. The lowest BCUT2D eigenvalue weighted by molar-refractivity contribution is -0.0145. The van der Waals surface area contributed by atoms with Crippen LogP contribution in [0, 0.1) is 0 Å². The molecule has 0 spiro atoms. The lowest BCUT2D eigenvalue weighted by Crippen LogP contribution is -2.39. The van der Waals surface area contributed by atoms with E-state index in [4.69, 9.17) is 16.3 Å². The molecule has 1 aromatic rings. The topological polar surface area (TPSA) is 39.1 Å². The lowest BCUT2D eigenvalue weighted by atomic mass is 10.1. The first-order chi connectivity index (χ1) is 9.78. The van der Waals surface area contributed by atoms with Crippen molar-refractivity contribution >= 4 is 11.6 Å².